The molecule has 0 aliphatic carbocycles. The van der Waals surface area contributed by atoms with E-state index >= 15 is 0 Å². The Morgan fingerprint density at radius 1 is 0.895 bits per heavy atom. The molecule has 0 aliphatic rings. The van der Waals surface area contributed by atoms with E-state index < -0.39 is 5.97 Å². The molecule has 7 heteroatoms. The van der Waals surface area contributed by atoms with Gasteiger partial charge >= 0.3 is 5.97 Å². The van der Waals surface area contributed by atoms with Crippen molar-refractivity contribution in [3.63, 3.8) is 0 Å². The van der Waals surface area contributed by atoms with Gasteiger partial charge in [0.05, 0.1) is 6.42 Å². The maximum absolute atomic E-state index is 11.7. The van der Waals surface area contributed by atoms with Crippen molar-refractivity contribution in [2.45, 2.75) is 52.7 Å². The lowest BCUT2D eigenvalue weighted by Crippen LogP contribution is -2.12. The maximum Gasteiger partial charge on any atom is 0.307 e. The van der Waals surface area contributed by atoms with Gasteiger partial charge in [-0.05, 0) is 103 Å². The molecule has 38 heavy (non-hydrogen) atoms. The van der Waals surface area contributed by atoms with Crippen molar-refractivity contribution in [2.75, 3.05) is 10.6 Å². The first-order chi connectivity index (χ1) is 18.2. The smallest absolute Gasteiger partial charge is 0.307 e. The lowest BCUT2D eigenvalue weighted by molar-refractivity contribution is -0.136. The van der Waals surface area contributed by atoms with Crippen LogP contribution in [0.5, 0.6) is 0 Å². The highest BCUT2D eigenvalue weighted by Crippen LogP contribution is 2.34. The van der Waals surface area contributed by atoms with Gasteiger partial charge in [-0.1, -0.05) is 23.7 Å². The lowest BCUT2D eigenvalue weighted by Gasteiger charge is -2.17. The molecule has 3 aromatic carbocycles. The molecule has 5 aromatic rings. The largest absolute Gasteiger partial charge is 0.481 e. The van der Waals surface area contributed by atoms with Crippen molar-refractivity contribution in [3.05, 3.63) is 82.3 Å². The third-order valence-corrected chi connectivity index (χ3v) is 7.69. The number of anilines is 2. The number of hydrogen-bond acceptors (Lipinski definition) is 4. The molecule has 0 amide bonds. The van der Waals surface area contributed by atoms with Crippen LogP contribution in [0.2, 0.25) is 5.02 Å². The van der Waals surface area contributed by atoms with Gasteiger partial charge in [0, 0.05) is 56.8 Å². The second-order valence-electron chi connectivity index (χ2n) is 10.4. The second kappa shape index (κ2) is 10.7. The predicted octanol–water partition coefficient (Wildman–Crippen LogP) is 8.49. The summed E-state index contributed by atoms with van der Waals surface area (Å²) < 4.78 is 3.36. The van der Waals surface area contributed by atoms with E-state index in [0.717, 1.165) is 44.4 Å². The number of benzene rings is 3. The van der Waals surface area contributed by atoms with Crippen LogP contribution in [0.4, 0.5) is 11.4 Å². The first kappa shape index (κ1) is 26.1. The SMILES string of the molecule is CC(C)Nc1cc(NC(C)C)cc(-c2ccc3c(CC(=O)O)cn(Cc4csc5ccc(Cl)cc45)c3c2)c1. The number of nitrogens with zero attached hydrogens (tertiary/aromatic N) is 1. The number of thiophene rings is 1. The quantitative estimate of drug-likeness (QED) is 0.174. The average Bonchev–Trinajstić information content (AvgIpc) is 3.38. The van der Waals surface area contributed by atoms with Gasteiger partial charge in [0.25, 0.3) is 0 Å². The van der Waals surface area contributed by atoms with E-state index in [1.54, 1.807) is 11.3 Å². The number of hydrogen-bond donors (Lipinski definition) is 3. The number of halogens is 1. The Morgan fingerprint density at radius 3 is 2.26 bits per heavy atom. The normalized spacial score (nSPS) is 11.7. The maximum atomic E-state index is 11.7. The Morgan fingerprint density at radius 2 is 1.61 bits per heavy atom. The molecule has 0 unspecified atom stereocenters. The summed E-state index contributed by atoms with van der Waals surface area (Å²) in [5.74, 6) is -0.835. The zero-order valence-corrected chi connectivity index (χ0v) is 23.6. The summed E-state index contributed by atoms with van der Waals surface area (Å²) in [5.41, 5.74) is 7.30. The number of carbonyl (C=O) groups is 1. The molecule has 196 valence electrons. The minimum Gasteiger partial charge on any atom is -0.481 e. The van der Waals surface area contributed by atoms with E-state index in [2.05, 4.69) is 90.7 Å². The van der Waals surface area contributed by atoms with Gasteiger partial charge in [0.2, 0.25) is 0 Å². The van der Waals surface area contributed by atoms with Gasteiger partial charge in [-0.2, -0.15) is 0 Å². The number of carboxylic acids is 1. The fourth-order valence-corrected chi connectivity index (χ4v) is 6.08. The first-order valence-corrected chi connectivity index (χ1v) is 14.1. The minimum absolute atomic E-state index is 0.0185. The molecule has 2 aromatic heterocycles. The fraction of sp³-hybridized carbons (Fsp3) is 0.258. The predicted molar refractivity (Wildman–Crippen MR) is 162 cm³/mol. The van der Waals surface area contributed by atoms with Crippen LogP contribution in [-0.2, 0) is 17.8 Å². The zero-order valence-electron chi connectivity index (χ0n) is 22.0. The van der Waals surface area contributed by atoms with E-state index in [1.807, 2.05) is 18.3 Å². The lowest BCUT2D eigenvalue weighted by atomic mass is 10.0. The molecule has 5 rings (SSSR count). The highest BCUT2D eigenvalue weighted by molar-refractivity contribution is 7.17. The highest BCUT2D eigenvalue weighted by Gasteiger charge is 2.15. The van der Waals surface area contributed by atoms with Gasteiger partial charge in [-0.25, -0.2) is 0 Å². The molecular weight excluding hydrogens is 514 g/mol. The third kappa shape index (κ3) is 5.66. The highest BCUT2D eigenvalue weighted by atomic mass is 35.5. The van der Waals surface area contributed by atoms with Crippen LogP contribution in [-0.4, -0.2) is 27.7 Å². The van der Waals surface area contributed by atoms with Crippen molar-refractivity contribution >= 4 is 61.3 Å². The van der Waals surface area contributed by atoms with E-state index in [1.165, 1.54) is 10.3 Å². The van der Waals surface area contributed by atoms with Crippen LogP contribution >= 0.6 is 22.9 Å². The van der Waals surface area contributed by atoms with Crippen molar-refractivity contribution in [3.8, 4) is 11.1 Å². The summed E-state index contributed by atoms with van der Waals surface area (Å²) in [6, 6.07) is 19.4. The number of rotatable bonds is 9. The molecule has 5 nitrogen and oxygen atoms in total. The van der Waals surface area contributed by atoms with E-state index in [0.29, 0.717) is 23.7 Å². The van der Waals surface area contributed by atoms with Gasteiger partial charge in [-0.15, -0.1) is 11.3 Å². The van der Waals surface area contributed by atoms with Crippen LogP contribution in [0.3, 0.4) is 0 Å². The number of nitrogens with one attached hydrogen (secondary N) is 2. The molecule has 0 aliphatic heterocycles. The zero-order chi connectivity index (χ0) is 27.0. The van der Waals surface area contributed by atoms with Gasteiger partial charge in [0.1, 0.15) is 0 Å². The van der Waals surface area contributed by atoms with E-state index in [4.69, 9.17) is 11.6 Å². The topological polar surface area (TPSA) is 66.3 Å². The summed E-state index contributed by atoms with van der Waals surface area (Å²) in [5, 5.41) is 21.6. The van der Waals surface area contributed by atoms with Crippen molar-refractivity contribution in [2.24, 2.45) is 0 Å². The number of fused-ring (bicyclic) bond motifs is 2. The molecule has 0 bridgehead atoms. The van der Waals surface area contributed by atoms with Crippen molar-refractivity contribution in [1.82, 2.24) is 4.57 Å². The van der Waals surface area contributed by atoms with Crippen LogP contribution in [0.25, 0.3) is 32.1 Å². The second-order valence-corrected chi connectivity index (χ2v) is 11.7. The monoisotopic (exact) mass is 545 g/mol. The molecule has 0 fully saturated rings. The first-order valence-electron chi connectivity index (χ1n) is 12.8. The van der Waals surface area contributed by atoms with Gasteiger partial charge in [-0.3, -0.25) is 4.79 Å². The summed E-state index contributed by atoms with van der Waals surface area (Å²) in [4.78, 5) is 11.7. The van der Waals surface area contributed by atoms with Gasteiger partial charge < -0.3 is 20.3 Å². The molecule has 0 radical (unpaired) electrons. The van der Waals surface area contributed by atoms with Crippen LogP contribution in [0, 0.1) is 0 Å². The fourth-order valence-electron chi connectivity index (χ4n) is 4.97. The molecule has 0 saturated heterocycles. The van der Waals surface area contributed by atoms with Gasteiger partial charge in [0.15, 0.2) is 0 Å². The Kier molecular flexibility index (Phi) is 7.37. The van der Waals surface area contributed by atoms with Crippen LogP contribution in [0.1, 0.15) is 38.8 Å². The average molecular weight is 546 g/mol. The summed E-state index contributed by atoms with van der Waals surface area (Å²) in [6.07, 6.45) is 1.97. The summed E-state index contributed by atoms with van der Waals surface area (Å²) in [7, 11) is 0. The Bertz CT molecular complexity index is 1610. The summed E-state index contributed by atoms with van der Waals surface area (Å²) >= 11 is 8.00. The molecule has 2 heterocycles. The molecule has 3 N–H and O–H groups in total. The molecule has 0 saturated carbocycles. The number of aliphatic carboxylic acids is 1. The standard InChI is InChI=1S/C31H32ClN3O2S/c1-18(2)33-25-9-21(10-26(14-25)34-19(3)4)20-5-7-27-22(12-31(36)37)15-35(29(27)11-20)16-23-17-38-30-8-6-24(32)13-28(23)30/h5-11,13-15,17-19,33-34H,12,16H2,1-4H3,(H,36,37). The van der Waals surface area contributed by atoms with Crippen molar-refractivity contribution < 1.29 is 9.90 Å². The third-order valence-electron chi connectivity index (χ3n) is 6.44. The molecular formula is C31H32ClN3O2S. The Hall–Kier alpha value is -3.48. The Labute approximate surface area is 232 Å². The summed E-state index contributed by atoms with van der Waals surface area (Å²) in [6.45, 7) is 9.16. The van der Waals surface area contributed by atoms with E-state index in [-0.39, 0.29) is 6.42 Å². The number of carboxylic acid groups (broad SMARTS) is 1. The molecule has 0 atom stereocenters. The van der Waals surface area contributed by atoms with Crippen LogP contribution in [0.15, 0.2) is 66.2 Å². The van der Waals surface area contributed by atoms with Crippen molar-refractivity contribution in [1.29, 1.82) is 0 Å². The molecule has 0 spiro atoms. The Balaban J connectivity index is 1.62. The van der Waals surface area contributed by atoms with E-state index in [9.17, 15) is 9.90 Å². The minimum atomic E-state index is -0.835. The van der Waals surface area contributed by atoms with Crippen LogP contribution < -0.4 is 10.6 Å². The number of aromatic nitrogens is 1.